The van der Waals surface area contributed by atoms with Crippen molar-refractivity contribution in [2.75, 3.05) is 0 Å². The molecule has 20 heavy (non-hydrogen) atoms. The molecule has 0 bridgehead atoms. The summed E-state index contributed by atoms with van der Waals surface area (Å²) in [5.74, 6) is -0.349. The summed E-state index contributed by atoms with van der Waals surface area (Å²) in [4.78, 5) is 22.4. The van der Waals surface area contributed by atoms with E-state index in [-0.39, 0.29) is 17.8 Å². The number of nitrogens with zero attached hydrogens (tertiary/aromatic N) is 3. The Morgan fingerprint density at radius 3 is 2.70 bits per heavy atom. The number of hydrogen-bond donors (Lipinski definition) is 1. The highest BCUT2D eigenvalue weighted by Crippen LogP contribution is 2.20. The van der Waals surface area contributed by atoms with Crippen molar-refractivity contribution in [2.45, 2.75) is 58.0 Å². The van der Waals surface area contributed by atoms with Crippen LogP contribution in [0.5, 0.6) is 0 Å². The van der Waals surface area contributed by atoms with E-state index in [0.717, 1.165) is 25.7 Å². The lowest BCUT2D eigenvalue weighted by molar-refractivity contribution is -0.389. The lowest BCUT2D eigenvalue weighted by Gasteiger charge is -2.24. The Morgan fingerprint density at radius 2 is 2.15 bits per heavy atom. The second kappa shape index (κ2) is 6.02. The highest BCUT2D eigenvalue weighted by molar-refractivity contribution is 5.80. The van der Waals surface area contributed by atoms with E-state index in [1.54, 1.807) is 13.8 Å². The molecule has 0 spiro atoms. The average Bonchev–Trinajstić information content (AvgIpc) is 2.81. The Labute approximate surface area is 117 Å². The van der Waals surface area contributed by atoms with Crippen LogP contribution in [0.25, 0.3) is 0 Å². The molecule has 1 saturated carbocycles. The Hall–Kier alpha value is -1.92. The van der Waals surface area contributed by atoms with Crippen LogP contribution in [-0.4, -0.2) is 26.7 Å². The van der Waals surface area contributed by atoms with Crippen molar-refractivity contribution in [1.82, 2.24) is 15.1 Å². The average molecular weight is 280 g/mol. The standard InChI is InChI=1S/C13H20N4O3/c1-9-8-12(17(19)20)15-16(9)10(2)13(18)14-11-6-4-3-5-7-11/h8,10-11H,3-7H2,1-2H3,(H,14,18). The molecule has 1 aromatic rings. The third kappa shape index (κ3) is 3.15. The number of carbonyl (C=O) groups excluding carboxylic acids is 1. The van der Waals surface area contributed by atoms with E-state index < -0.39 is 11.0 Å². The molecular formula is C13H20N4O3. The van der Waals surface area contributed by atoms with E-state index >= 15 is 0 Å². The molecule has 1 amide bonds. The zero-order valence-corrected chi connectivity index (χ0v) is 11.8. The number of nitro groups is 1. The van der Waals surface area contributed by atoms with Crippen LogP contribution >= 0.6 is 0 Å². The number of carbonyl (C=O) groups is 1. The molecular weight excluding hydrogens is 260 g/mol. The van der Waals surface area contributed by atoms with Gasteiger partial charge in [0.05, 0.1) is 16.9 Å². The molecule has 0 saturated heterocycles. The quantitative estimate of drug-likeness (QED) is 0.675. The van der Waals surface area contributed by atoms with Gasteiger partial charge >= 0.3 is 5.82 Å². The summed E-state index contributed by atoms with van der Waals surface area (Å²) in [6, 6.07) is 1.07. The summed E-state index contributed by atoms with van der Waals surface area (Å²) in [5.41, 5.74) is 0.614. The van der Waals surface area contributed by atoms with E-state index in [1.165, 1.54) is 17.2 Å². The predicted octanol–water partition coefficient (Wildman–Crippen LogP) is 2.11. The van der Waals surface area contributed by atoms with Crippen LogP contribution in [0.1, 0.15) is 50.8 Å². The summed E-state index contributed by atoms with van der Waals surface area (Å²) in [7, 11) is 0. The maximum Gasteiger partial charge on any atom is 0.390 e. The SMILES string of the molecule is Cc1cc([N+](=O)[O-])nn1C(C)C(=O)NC1CCCCC1. The predicted molar refractivity (Wildman–Crippen MR) is 73.3 cm³/mol. The lowest BCUT2D eigenvalue weighted by Crippen LogP contribution is -2.40. The third-order valence-corrected chi connectivity index (χ3v) is 3.79. The first-order valence-corrected chi connectivity index (χ1v) is 7.00. The fourth-order valence-electron chi connectivity index (χ4n) is 2.63. The molecule has 7 nitrogen and oxygen atoms in total. The van der Waals surface area contributed by atoms with Crippen LogP contribution in [0, 0.1) is 17.0 Å². The monoisotopic (exact) mass is 280 g/mol. The van der Waals surface area contributed by atoms with Crippen molar-refractivity contribution >= 4 is 11.7 Å². The maximum absolute atomic E-state index is 12.2. The zero-order chi connectivity index (χ0) is 14.7. The summed E-state index contributed by atoms with van der Waals surface area (Å²) in [5, 5.41) is 17.6. The first-order chi connectivity index (χ1) is 9.49. The van der Waals surface area contributed by atoms with E-state index in [4.69, 9.17) is 0 Å². The van der Waals surface area contributed by atoms with Crippen LogP contribution in [0.3, 0.4) is 0 Å². The molecule has 1 aliphatic rings. The van der Waals surface area contributed by atoms with Gasteiger partial charge in [0.1, 0.15) is 6.04 Å². The number of hydrogen-bond acceptors (Lipinski definition) is 4. The Kier molecular flexibility index (Phi) is 4.36. The minimum absolute atomic E-state index is 0.127. The second-order valence-corrected chi connectivity index (χ2v) is 5.37. The van der Waals surface area contributed by atoms with E-state index in [0.29, 0.717) is 5.69 Å². The molecule has 110 valence electrons. The lowest BCUT2D eigenvalue weighted by atomic mass is 9.95. The number of aromatic nitrogens is 2. The van der Waals surface area contributed by atoms with Crippen LogP contribution in [0.15, 0.2) is 6.07 Å². The molecule has 0 aliphatic heterocycles. The fraction of sp³-hybridized carbons (Fsp3) is 0.692. The van der Waals surface area contributed by atoms with Gasteiger partial charge in [-0.15, -0.1) is 0 Å². The van der Waals surface area contributed by atoms with Gasteiger partial charge < -0.3 is 15.4 Å². The van der Waals surface area contributed by atoms with Gasteiger partial charge in [-0.05, 0) is 31.6 Å². The summed E-state index contributed by atoms with van der Waals surface area (Å²) in [6.07, 6.45) is 5.54. The summed E-state index contributed by atoms with van der Waals surface area (Å²) in [6.45, 7) is 3.42. The maximum atomic E-state index is 12.2. The summed E-state index contributed by atoms with van der Waals surface area (Å²) >= 11 is 0. The Morgan fingerprint density at radius 1 is 1.50 bits per heavy atom. The van der Waals surface area contributed by atoms with E-state index in [2.05, 4.69) is 10.4 Å². The molecule has 7 heteroatoms. The van der Waals surface area contributed by atoms with Crippen LogP contribution in [0.4, 0.5) is 5.82 Å². The van der Waals surface area contributed by atoms with Crippen molar-refractivity contribution in [3.8, 4) is 0 Å². The Bertz CT molecular complexity index is 506. The third-order valence-electron chi connectivity index (χ3n) is 3.79. The van der Waals surface area contributed by atoms with Gasteiger partial charge in [0, 0.05) is 6.04 Å². The smallest absolute Gasteiger partial charge is 0.358 e. The largest absolute Gasteiger partial charge is 0.390 e. The molecule has 1 fully saturated rings. The molecule has 1 aromatic heterocycles. The minimum atomic E-state index is -0.546. The zero-order valence-electron chi connectivity index (χ0n) is 11.8. The van der Waals surface area contributed by atoms with Gasteiger partial charge in [-0.2, -0.15) is 4.68 Å². The van der Waals surface area contributed by atoms with Crippen molar-refractivity contribution in [1.29, 1.82) is 0 Å². The van der Waals surface area contributed by atoms with Crippen molar-refractivity contribution in [2.24, 2.45) is 0 Å². The molecule has 1 aliphatic carbocycles. The van der Waals surface area contributed by atoms with E-state index in [9.17, 15) is 14.9 Å². The van der Waals surface area contributed by atoms with Gasteiger partial charge in [0.2, 0.25) is 5.91 Å². The molecule has 1 heterocycles. The van der Waals surface area contributed by atoms with Gasteiger partial charge in [-0.1, -0.05) is 19.3 Å². The molecule has 1 unspecified atom stereocenters. The van der Waals surface area contributed by atoms with Gasteiger partial charge in [-0.25, -0.2) is 0 Å². The van der Waals surface area contributed by atoms with Gasteiger partial charge in [-0.3, -0.25) is 4.79 Å². The molecule has 0 radical (unpaired) electrons. The number of aryl methyl sites for hydroxylation is 1. The summed E-state index contributed by atoms with van der Waals surface area (Å²) < 4.78 is 1.41. The topological polar surface area (TPSA) is 90.1 Å². The number of amides is 1. The van der Waals surface area contributed by atoms with Crippen molar-refractivity contribution in [3.05, 3.63) is 21.9 Å². The molecule has 1 N–H and O–H groups in total. The van der Waals surface area contributed by atoms with Crippen molar-refractivity contribution < 1.29 is 9.72 Å². The second-order valence-electron chi connectivity index (χ2n) is 5.37. The van der Waals surface area contributed by atoms with E-state index in [1.807, 2.05) is 0 Å². The number of nitrogens with one attached hydrogen (secondary N) is 1. The van der Waals surface area contributed by atoms with Crippen LogP contribution in [0.2, 0.25) is 0 Å². The number of rotatable bonds is 4. The normalized spacial score (nSPS) is 17.7. The Balaban J connectivity index is 2.04. The highest BCUT2D eigenvalue weighted by Gasteiger charge is 2.26. The van der Waals surface area contributed by atoms with Gasteiger partial charge in [0.15, 0.2) is 0 Å². The molecule has 0 aromatic carbocycles. The van der Waals surface area contributed by atoms with Crippen LogP contribution in [-0.2, 0) is 4.79 Å². The highest BCUT2D eigenvalue weighted by atomic mass is 16.6. The van der Waals surface area contributed by atoms with Crippen LogP contribution < -0.4 is 5.32 Å². The molecule has 1 atom stereocenters. The minimum Gasteiger partial charge on any atom is -0.358 e. The van der Waals surface area contributed by atoms with Gasteiger partial charge in [0.25, 0.3) is 0 Å². The fourth-order valence-corrected chi connectivity index (χ4v) is 2.63. The molecule has 2 rings (SSSR count). The van der Waals surface area contributed by atoms with Crippen molar-refractivity contribution in [3.63, 3.8) is 0 Å². The first kappa shape index (κ1) is 14.5. The first-order valence-electron chi connectivity index (χ1n) is 7.00.